The summed E-state index contributed by atoms with van der Waals surface area (Å²) in [5.41, 5.74) is 3.27. The van der Waals surface area contributed by atoms with Gasteiger partial charge in [0.25, 0.3) is 5.91 Å². The Morgan fingerprint density at radius 1 is 1.29 bits per heavy atom. The zero-order valence-corrected chi connectivity index (χ0v) is 13.3. The zero-order chi connectivity index (χ0) is 15.1. The van der Waals surface area contributed by atoms with Gasteiger partial charge in [-0.1, -0.05) is 45.7 Å². The van der Waals surface area contributed by atoms with Gasteiger partial charge in [0.15, 0.2) is 6.61 Å². The molecular formula is C15H12BrClN2O2. The predicted octanol–water partition coefficient (Wildman–Crippen LogP) is 3.63. The van der Waals surface area contributed by atoms with E-state index in [2.05, 4.69) is 26.5 Å². The predicted molar refractivity (Wildman–Crippen MR) is 86.8 cm³/mol. The van der Waals surface area contributed by atoms with E-state index in [0.717, 1.165) is 10.0 Å². The Balaban J connectivity index is 1.80. The molecule has 6 heteroatoms. The van der Waals surface area contributed by atoms with Gasteiger partial charge in [-0.25, -0.2) is 5.43 Å². The van der Waals surface area contributed by atoms with Crippen LogP contribution in [0, 0.1) is 0 Å². The number of nitrogens with zero attached hydrogens (tertiary/aromatic N) is 1. The van der Waals surface area contributed by atoms with Gasteiger partial charge < -0.3 is 4.74 Å². The Bertz CT molecular complexity index is 662. The summed E-state index contributed by atoms with van der Waals surface area (Å²) in [7, 11) is 0. The average Bonchev–Trinajstić information content (AvgIpc) is 2.45. The number of hydrogen-bond acceptors (Lipinski definition) is 3. The number of amides is 1. The quantitative estimate of drug-likeness (QED) is 0.648. The summed E-state index contributed by atoms with van der Waals surface area (Å²) >= 11 is 9.18. The Kier molecular flexibility index (Phi) is 5.78. The molecule has 0 bridgehead atoms. The summed E-state index contributed by atoms with van der Waals surface area (Å²) < 4.78 is 6.24. The van der Waals surface area contributed by atoms with Gasteiger partial charge in [0.05, 0.1) is 6.21 Å². The number of rotatable bonds is 5. The molecule has 0 saturated heterocycles. The summed E-state index contributed by atoms with van der Waals surface area (Å²) in [6, 6.07) is 14.4. The van der Waals surface area contributed by atoms with Crippen LogP contribution in [0.3, 0.4) is 0 Å². The molecule has 0 fully saturated rings. The summed E-state index contributed by atoms with van der Waals surface area (Å²) in [5, 5.41) is 4.42. The number of hydrazone groups is 1. The fourth-order valence-electron chi connectivity index (χ4n) is 1.50. The number of halogens is 2. The number of carbonyl (C=O) groups is 1. The summed E-state index contributed by atoms with van der Waals surface area (Å²) in [6.45, 7) is -0.129. The van der Waals surface area contributed by atoms with Crippen LogP contribution in [-0.2, 0) is 4.79 Å². The molecule has 108 valence electrons. The molecule has 2 aromatic rings. The third-order valence-corrected chi connectivity index (χ3v) is 3.15. The van der Waals surface area contributed by atoms with Crippen LogP contribution >= 0.6 is 27.5 Å². The Morgan fingerprint density at radius 2 is 2.10 bits per heavy atom. The highest BCUT2D eigenvalue weighted by atomic mass is 79.9. The maximum Gasteiger partial charge on any atom is 0.277 e. The van der Waals surface area contributed by atoms with Crippen molar-refractivity contribution in [2.24, 2.45) is 5.10 Å². The van der Waals surface area contributed by atoms with E-state index in [4.69, 9.17) is 16.3 Å². The van der Waals surface area contributed by atoms with Gasteiger partial charge in [-0.2, -0.15) is 5.10 Å². The molecule has 0 radical (unpaired) electrons. The van der Waals surface area contributed by atoms with Gasteiger partial charge in [0.1, 0.15) is 5.75 Å². The van der Waals surface area contributed by atoms with Crippen molar-refractivity contribution >= 4 is 39.7 Å². The largest absolute Gasteiger partial charge is 0.484 e. The van der Waals surface area contributed by atoms with E-state index in [9.17, 15) is 4.79 Å². The fraction of sp³-hybridized carbons (Fsp3) is 0.0667. The highest BCUT2D eigenvalue weighted by molar-refractivity contribution is 9.10. The normalized spacial score (nSPS) is 10.6. The first-order valence-electron chi connectivity index (χ1n) is 6.09. The number of benzene rings is 2. The lowest BCUT2D eigenvalue weighted by Crippen LogP contribution is -2.24. The first-order valence-corrected chi connectivity index (χ1v) is 7.26. The minimum Gasteiger partial charge on any atom is -0.484 e. The topological polar surface area (TPSA) is 50.7 Å². The molecule has 0 heterocycles. The van der Waals surface area contributed by atoms with E-state index in [1.807, 2.05) is 24.3 Å². The molecular weight excluding hydrogens is 356 g/mol. The van der Waals surface area contributed by atoms with Gasteiger partial charge in [-0.15, -0.1) is 0 Å². The van der Waals surface area contributed by atoms with Crippen molar-refractivity contribution in [3.63, 3.8) is 0 Å². The molecule has 1 amide bonds. The van der Waals surface area contributed by atoms with Crippen molar-refractivity contribution in [2.45, 2.75) is 0 Å². The van der Waals surface area contributed by atoms with Crippen molar-refractivity contribution in [1.29, 1.82) is 0 Å². The van der Waals surface area contributed by atoms with Gasteiger partial charge in [0, 0.05) is 9.50 Å². The first-order chi connectivity index (χ1) is 10.1. The van der Waals surface area contributed by atoms with Crippen LogP contribution in [0.1, 0.15) is 5.56 Å². The lowest BCUT2D eigenvalue weighted by molar-refractivity contribution is -0.123. The molecule has 1 N–H and O–H groups in total. The zero-order valence-electron chi connectivity index (χ0n) is 10.9. The van der Waals surface area contributed by atoms with Crippen LogP contribution in [0.25, 0.3) is 0 Å². The van der Waals surface area contributed by atoms with E-state index in [0.29, 0.717) is 10.8 Å². The molecule has 0 aliphatic heterocycles. The molecule has 0 spiro atoms. The number of hydrogen-bond donors (Lipinski definition) is 1. The van der Waals surface area contributed by atoms with Crippen LogP contribution in [0.2, 0.25) is 5.02 Å². The lowest BCUT2D eigenvalue weighted by atomic mass is 10.2. The van der Waals surface area contributed by atoms with E-state index >= 15 is 0 Å². The molecule has 0 unspecified atom stereocenters. The minimum absolute atomic E-state index is 0.129. The van der Waals surface area contributed by atoms with E-state index in [1.54, 1.807) is 30.5 Å². The van der Waals surface area contributed by atoms with Gasteiger partial charge in [-0.05, 0) is 35.9 Å². The van der Waals surface area contributed by atoms with Crippen LogP contribution in [0.4, 0.5) is 0 Å². The van der Waals surface area contributed by atoms with Crippen molar-refractivity contribution < 1.29 is 9.53 Å². The van der Waals surface area contributed by atoms with Crippen LogP contribution in [0.5, 0.6) is 5.75 Å². The van der Waals surface area contributed by atoms with Gasteiger partial charge in [0.2, 0.25) is 0 Å². The highest BCUT2D eigenvalue weighted by Crippen LogP contribution is 2.16. The second-order valence-electron chi connectivity index (χ2n) is 4.09. The van der Waals surface area contributed by atoms with Crippen LogP contribution in [-0.4, -0.2) is 18.7 Å². The third-order valence-electron chi connectivity index (χ3n) is 2.42. The maximum absolute atomic E-state index is 11.6. The second kappa shape index (κ2) is 7.81. The second-order valence-corrected chi connectivity index (χ2v) is 5.45. The number of carbonyl (C=O) groups excluding carboxylic acids is 1. The van der Waals surface area contributed by atoms with Gasteiger partial charge in [-0.3, -0.25) is 4.79 Å². The summed E-state index contributed by atoms with van der Waals surface area (Å²) in [4.78, 5) is 11.6. The maximum atomic E-state index is 11.6. The smallest absolute Gasteiger partial charge is 0.277 e. The minimum atomic E-state index is -0.346. The monoisotopic (exact) mass is 366 g/mol. The summed E-state index contributed by atoms with van der Waals surface area (Å²) in [5.74, 6) is 0.190. The fourth-order valence-corrected chi connectivity index (χ4v) is 2.10. The molecule has 0 aliphatic rings. The molecule has 0 saturated carbocycles. The Labute approximate surface area is 135 Å². The average molecular weight is 368 g/mol. The van der Waals surface area contributed by atoms with E-state index in [1.165, 1.54) is 0 Å². The molecule has 4 nitrogen and oxygen atoms in total. The van der Waals surface area contributed by atoms with Crippen LogP contribution in [0.15, 0.2) is 58.1 Å². The number of ether oxygens (including phenoxy) is 1. The molecule has 0 aliphatic carbocycles. The summed E-state index contributed by atoms with van der Waals surface area (Å²) in [6.07, 6.45) is 1.56. The van der Waals surface area contributed by atoms with Gasteiger partial charge >= 0.3 is 0 Å². The molecule has 0 atom stereocenters. The Hall–Kier alpha value is -1.85. The van der Waals surface area contributed by atoms with Crippen LogP contribution < -0.4 is 10.2 Å². The number of nitrogens with one attached hydrogen (secondary N) is 1. The molecule has 21 heavy (non-hydrogen) atoms. The standard InChI is InChI=1S/C15H12BrClN2O2/c16-12-4-1-3-11(7-12)9-18-19-15(20)10-21-14-6-2-5-13(17)8-14/h1-9H,10H2,(H,19,20)/b18-9+. The van der Waals surface area contributed by atoms with Crippen molar-refractivity contribution in [3.05, 3.63) is 63.6 Å². The molecule has 2 aromatic carbocycles. The SMILES string of the molecule is O=C(COc1cccc(Cl)c1)N/N=C/c1cccc(Br)c1. The molecule has 2 rings (SSSR count). The highest BCUT2D eigenvalue weighted by Gasteiger charge is 2.01. The first kappa shape index (κ1) is 15.5. The molecule has 0 aromatic heterocycles. The van der Waals surface area contributed by atoms with E-state index < -0.39 is 0 Å². The Morgan fingerprint density at radius 3 is 2.86 bits per heavy atom. The third kappa shape index (κ3) is 5.57. The van der Waals surface area contributed by atoms with Crippen molar-refractivity contribution in [2.75, 3.05) is 6.61 Å². The van der Waals surface area contributed by atoms with Crippen molar-refractivity contribution in [3.8, 4) is 5.75 Å². The van der Waals surface area contributed by atoms with Crippen molar-refractivity contribution in [1.82, 2.24) is 5.43 Å². The lowest BCUT2D eigenvalue weighted by Gasteiger charge is -2.04. The van der Waals surface area contributed by atoms with E-state index in [-0.39, 0.29) is 12.5 Å².